The van der Waals surface area contributed by atoms with Crippen LogP contribution in [0.3, 0.4) is 0 Å². The van der Waals surface area contributed by atoms with Gasteiger partial charge < -0.3 is 4.74 Å². The van der Waals surface area contributed by atoms with E-state index in [0.29, 0.717) is 22.3 Å². The number of hydrogen-bond acceptors (Lipinski definition) is 6. The van der Waals surface area contributed by atoms with Crippen LogP contribution in [0.4, 0.5) is 13.2 Å². The Morgan fingerprint density at radius 3 is 2.70 bits per heavy atom. The van der Waals surface area contributed by atoms with Crippen LogP contribution < -0.4 is 0 Å². The Morgan fingerprint density at radius 1 is 1.27 bits per heavy atom. The minimum Gasteiger partial charge on any atom is -0.443 e. The largest absolute Gasteiger partial charge is 0.443 e. The number of carbonyl (C=O) groups is 1. The molecule has 1 atom stereocenters. The van der Waals surface area contributed by atoms with E-state index in [1.54, 1.807) is 50.0 Å². The maximum Gasteiger partial charge on any atom is 0.389 e. The van der Waals surface area contributed by atoms with Crippen molar-refractivity contribution in [3.8, 4) is 17.3 Å². The summed E-state index contributed by atoms with van der Waals surface area (Å²) in [6.07, 6.45) is 1.37. The van der Waals surface area contributed by atoms with Crippen molar-refractivity contribution in [3.05, 3.63) is 31.0 Å². The summed E-state index contributed by atoms with van der Waals surface area (Å²) < 4.78 is 46.1. The van der Waals surface area contributed by atoms with E-state index in [9.17, 15) is 18.0 Å². The molecule has 8 nitrogen and oxygen atoms in total. The lowest BCUT2D eigenvalue weighted by Gasteiger charge is -2.17. The monoisotopic (exact) mass is 462 g/mol. The third kappa shape index (κ3) is 6.09. The highest BCUT2D eigenvalue weighted by Crippen LogP contribution is 2.29. The van der Waals surface area contributed by atoms with Crippen LogP contribution >= 0.6 is 0 Å². The van der Waals surface area contributed by atoms with Crippen molar-refractivity contribution in [1.29, 1.82) is 5.26 Å². The zero-order valence-electron chi connectivity index (χ0n) is 18.6. The second kappa shape index (κ2) is 9.60. The lowest BCUT2D eigenvalue weighted by atomic mass is 9.98. The second-order valence-corrected chi connectivity index (χ2v) is 8.79. The number of alkyl halides is 3. The van der Waals surface area contributed by atoms with Crippen LogP contribution in [-0.2, 0) is 16.3 Å². The zero-order valence-corrected chi connectivity index (χ0v) is 18.6. The van der Waals surface area contributed by atoms with Gasteiger partial charge in [-0.15, -0.1) is 0 Å². The predicted molar refractivity (Wildman–Crippen MR) is 113 cm³/mol. The van der Waals surface area contributed by atoms with Crippen LogP contribution in [0.1, 0.15) is 52.5 Å². The van der Waals surface area contributed by atoms with Crippen LogP contribution in [0, 0.1) is 16.7 Å². The van der Waals surface area contributed by atoms with Crippen LogP contribution in [0.5, 0.6) is 0 Å². The van der Waals surface area contributed by atoms with Gasteiger partial charge >= 0.3 is 12.1 Å². The molecule has 0 aliphatic heterocycles. The van der Waals surface area contributed by atoms with Gasteiger partial charge in [-0.3, -0.25) is 14.0 Å². The van der Waals surface area contributed by atoms with Crippen molar-refractivity contribution in [2.45, 2.75) is 65.4 Å². The smallest absolute Gasteiger partial charge is 0.389 e. The minimum absolute atomic E-state index is 0.00122. The molecule has 3 aromatic rings. The molecular formula is C22H25F3N6O2. The number of rotatable bonds is 8. The summed E-state index contributed by atoms with van der Waals surface area (Å²) in [7, 11) is 0. The molecule has 33 heavy (non-hydrogen) atoms. The van der Waals surface area contributed by atoms with Gasteiger partial charge in [0.2, 0.25) is 0 Å². The second-order valence-electron chi connectivity index (χ2n) is 8.79. The minimum atomic E-state index is -4.23. The first kappa shape index (κ1) is 24.2. The summed E-state index contributed by atoms with van der Waals surface area (Å²) in [5.74, 6) is -0.339. The van der Waals surface area contributed by atoms with Gasteiger partial charge in [0.05, 0.1) is 35.8 Å². The highest BCUT2D eigenvalue weighted by atomic mass is 19.4. The summed E-state index contributed by atoms with van der Waals surface area (Å²) in [6, 6.07) is 3.34. The van der Waals surface area contributed by atoms with Gasteiger partial charge in [0.15, 0.2) is 6.73 Å². The Kier molecular flexibility index (Phi) is 7.05. The lowest BCUT2D eigenvalue weighted by Crippen LogP contribution is -2.23. The summed E-state index contributed by atoms with van der Waals surface area (Å²) in [5, 5.41) is 14.1. The zero-order chi connectivity index (χ0) is 24.2. The molecule has 0 radical (unpaired) electrons. The van der Waals surface area contributed by atoms with E-state index in [4.69, 9.17) is 10.00 Å². The number of aromatic nitrogens is 5. The molecule has 0 aliphatic rings. The van der Waals surface area contributed by atoms with Crippen molar-refractivity contribution in [2.24, 2.45) is 5.41 Å². The van der Waals surface area contributed by atoms with Crippen LogP contribution in [0.2, 0.25) is 0 Å². The van der Waals surface area contributed by atoms with Gasteiger partial charge in [-0.25, -0.2) is 9.97 Å². The molecule has 0 saturated heterocycles. The Balaban J connectivity index is 1.80. The van der Waals surface area contributed by atoms with Crippen LogP contribution in [0.15, 0.2) is 31.0 Å². The average Bonchev–Trinajstić information content (AvgIpc) is 3.37. The number of nitrogens with zero attached hydrogens (tertiary/aromatic N) is 6. The molecule has 0 aliphatic carbocycles. The molecule has 0 spiro atoms. The summed E-state index contributed by atoms with van der Waals surface area (Å²) in [5.41, 5.74) is 1.16. The maximum atomic E-state index is 12.5. The highest BCUT2D eigenvalue weighted by Gasteiger charge is 2.27. The van der Waals surface area contributed by atoms with Gasteiger partial charge in [-0.05, 0) is 39.7 Å². The van der Waals surface area contributed by atoms with Gasteiger partial charge in [0, 0.05) is 29.8 Å². The number of esters is 1. The molecule has 0 saturated carbocycles. The van der Waals surface area contributed by atoms with E-state index >= 15 is 0 Å². The molecule has 11 heteroatoms. The van der Waals surface area contributed by atoms with E-state index in [1.807, 2.05) is 6.07 Å². The van der Waals surface area contributed by atoms with Crippen molar-refractivity contribution < 1.29 is 22.7 Å². The fourth-order valence-corrected chi connectivity index (χ4v) is 3.31. The highest BCUT2D eigenvalue weighted by molar-refractivity contribution is 5.90. The van der Waals surface area contributed by atoms with Crippen LogP contribution in [-0.4, -0.2) is 36.5 Å². The fourth-order valence-electron chi connectivity index (χ4n) is 3.31. The van der Waals surface area contributed by atoms with Crippen LogP contribution in [0.25, 0.3) is 22.3 Å². The third-order valence-electron chi connectivity index (χ3n) is 5.08. The van der Waals surface area contributed by atoms with E-state index in [2.05, 4.69) is 15.1 Å². The van der Waals surface area contributed by atoms with E-state index in [0.717, 1.165) is 0 Å². The van der Waals surface area contributed by atoms with Gasteiger partial charge in [0.25, 0.3) is 0 Å². The summed E-state index contributed by atoms with van der Waals surface area (Å²) in [4.78, 5) is 20.7. The van der Waals surface area contributed by atoms with E-state index in [-0.39, 0.29) is 32.0 Å². The topological polar surface area (TPSA) is 98.6 Å². The van der Waals surface area contributed by atoms with Crippen molar-refractivity contribution >= 4 is 17.0 Å². The number of carbonyl (C=O) groups excluding carboxylic acids is 1. The predicted octanol–water partition coefficient (Wildman–Crippen LogP) is 5.03. The first-order chi connectivity index (χ1) is 15.5. The van der Waals surface area contributed by atoms with Gasteiger partial charge in [0.1, 0.15) is 12.0 Å². The van der Waals surface area contributed by atoms with Gasteiger partial charge in [-0.1, -0.05) is 0 Å². The molecule has 0 N–H and O–H groups in total. The number of ether oxygens (including phenoxy) is 1. The Morgan fingerprint density at radius 2 is 2.03 bits per heavy atom. The number of nitriles is 1. The average molecular weight is 462 g/mol. The molecule has 1 unspecified atom stereocenters. The third-order valence-corrected chi connectivity index (χ3v) is 5.08. The Hall–Kier alpha value is -3.42. The SMILES string of the molecule is CC(C)(C)C(=O)OCn1ccc2c(-c3cnn(C(CC#N)CCCC(F)(F)F)c3)ncnc21. The molecule has 0 aromatic carbocycles. The lowest BCUT2D eigenvalue weighted by molar-refractivity contribution is -0.156. The number of hydrogen-bond donors (Lipinski definition) is 0. The molecule has 3 aromatic heterocycles. The first-order valence-electron chi connectivity index (χ1n) is 10.4. The normalized spacial score (nSPS) is 13.1. The van der Waals surface area contributed by atoms with Crippen molar-refractivity contribution in [2.75, 3.05) is 0 Å². The number of halogens is 3. The van der Waals surface area contributed by atoms with Crippen molar-refractivity contribution in [1.82, 2.24) is 24.3 Å². The van der Waals surface area contributed by atoms with E-state index in [1.165, 1.54) is 11.0 Å². The fraction of sp³-hybridized carbons (Fsp3) is 0.500. The first-order valence-corrected chi connectivity index (χ1v) is 10.4. The maximum absolute atomic E-state index is 12.5. The quantitative estimate of drug-likeness (QED) is 0.436. The standard InChI is InChI=1S/C22H25F3N6O2/c1-21(2,3)20(32)33-14-30-10-7-17-18(27-13-28-19(17)30)15-11-29-31(12-15)16(6-9-26)5-4-8-22(23,24)25/h7,10-13,16H,4-6,8,14H2,1-3H3. The molecule has 3 heterocycles. The molecule has 3 rings (SSSR count). The molecule has 0 fully saturated rings. The molecular weight excluding hydrogens is 437 g/mol. The Labute approximate surface area is 189 Å². The van der Waals surface area contributed by atoms with E-state index < -0.39 is 24.1 Å². The number of fused-ring (bicyclic) bond motifs is 1. The molecule has 0 bridgehead atoms. The molecule has 0 amide bonds. The summed E-state index contributed by atoms with van der Waals surface area (Å²) >= 11 is 0. The summed E-state index contributed by atoms with van der Waals surface area (Å²) in [6.45, 7) is 5.30. The Bertz CT molecular complexity index is 1150. The van der Waals surface area contributed by atoms with Gasteiger partial charge in [-0.2, -0.15) is 23.5 Å². The molecule has 176 valence electrons. The van der Waals surface area contributed by atoms with Crippen molar-refractivity contribution in [3.63, 3.8) is 0 Å².